The lowest BCUT2D eigenvalue weighted by Gasteiger charge is -2.21. The minimum Gasteiger partial charge on any atom is -0.495 e. The van der Waals surface area contributed by atoms with Crippen molar-refractivity contribution in [1.29, 1.82) is 0 Å². The summed E-state index contributed by atoms with van der Waals surface area (Å²) < 4.78 is 32.5. The SMILES string of the molecule is CCN(CC)c1ccc(NS(=O)(=O)c2ccc(OC)c(Cl)c2)cc1. The van der Waals surface area contributed by atoms with Gasteiger partial charge in [-0.25, -0.2) is 8.42 Å². The van der Waals surface area contributed by atoms with E-state index < -0.39 is 10.0 Å². The van der Waals surface area contributed by atoms with Crippen molar-refractivity contribution in [3.63, 3.8) is 0 Å². The Bertz CT molecular complexity index is 788. The van der Waals surface area contributed by atoms with Crippen molar-refractivity contribution in [3.05, 3.63) is 47.5 Å². The van der Waals surface area contributed by atoms with Gasteiger partial charge in [0.1, 0.15) is 5.75 Å². The lowest BCUT2D eigenvalue weighted by molar-refractivity contribution is 0.414. The van der Waals surface area contributed by atoms with Gasteiger partial charge in [0.05, 0.1) is 17.0 Å². The van der Waals surface area contributed by atoms with E-state index in [1.54, 1.807) is 12.1 Å². The van der Waals surface area contributed by atoms with E-state index in [4.69, 9.17) is 16.3 Å². The summed E-state index contributed by atoms with van der Waals surface area (Å²) in [6.45, 7) is 5.94. The first-order chi connectivity index (χ1) is 11.4. The fourth-order valence-corrected chi connectivity index (χ4v) is 3.76. The maximum Gasteiger partial charge on any atom is 0.261 e. The molecule has 0 spiro atoms. The molecule has 7 heteroatoms. The predicted octanol–water partition coefficient (Wildman–Crippen LogP) is 4.00. The summed E-state index contributed by atoms with van der Waals surface area (Å²) in [6, 6.07) is 11.6. The number of anilines is 2. The van der Waals surface area contributed by atoms with Gasteiger partial charge in [-0.05, 0) is 56.3 Å². The molecular weight excluding hydrogens is 348 g/mol. The lowest BCUT2D eigenvalue weighted by atomic mass is 10.2. The molecule has 0 bridgehead atoms. The Morgan fingerprint density at radius 1 is 1.08 bits per heavy atom. The summed E-state index contributed by atoms with van der Waals surface area (Å²) in [7, 11) is -2.23. The Hall–Kier alpha value is -1.92. The molecule has 1 N–H and O–H groups in total. The molecule has 0 saturated heterocycles. The topological polar surface area (TPSA) is 58.6 Å². The van der Waals surface area contributed by atoms with E-state index in [0.29, 0.717) is 11.4 Å². The zero-order valence-corrected chi connectivity index (χ0v) is 15.5. The number of hydrogen-bond acceptors (Lipinski definition) is 4. The molecule has 0 fully saturated rings. The van der Waals surface area contributed by atoms with Gasteiger partial charge in [0, 0.05) is 24.5 Å². The fraction of sp³-hybridized carbons (Fsp3) is 0.294. The highest BCUT2D eigenvalue weighted by atomic mass is 35.5. The number of nitrogens with zero attached hydrogens (tertiary/aromatic N) is 1. The number of methoxy groups -OCH3 is 1. The third-order valence-corrected chi connectivity index (χ3v) is 5.36. The van der Waals surface area contributed by atoms with Gasteiger partial charge in [-0.15, -0.1) is 0 Å². The number of sulfonamides is 1. The Morgan fingerprint density at radius 3 is 2.21 bits per heavy atom. The molecular formula is C17H21ClN2O3S. The molecule has 2 aromatic rings. The minimum absolute atomic E-state index is 0.0844. The second-order valence-electron chi connectivity index (χ2n) is 5.12. The van der Waals surface area contributed by atoms with Crippen molar-refractivity contribution in [2.24, 2.45) is 0 Å². The quantitative estimate of drug-likeness (QED) is 0.802. The van der Waals surface area contributed by atoms with Gasteiger partial charge in [-0.1, -0.05) is 11.6 Å². The van der Waals surface area contributed by atoms with Crippen LogP contribution >= 0.6 is 11.6 Å². The van der Waals surface area contributed by atoms with Crippen LogP contribution in [0.1, 0.15) is 13.8 Å². The van der Waals surface area contributed by atoms with Crippen molar-refractivity contribution in [1.82, 2.24) is 0 Å². The molecule has 0 aliphatic carbocycles. The van der Waals surface area contributed by atoms with Gasteiger partial charge in [0.2, 0.25) is 0 Å². The molecule has 130 valence electrons. The molecule has 0 atom stereocenters. The van der Waals surface area contributed by atoms with E-state index in [-0.39, 0.29) is 9.92 Å². The van der Waals surface area contributed by atoms with Crippen LogP contribution in [0.15, 0.2) is 47.4 Å². The number of benzene rings is 2. The van der Waals surface area contributed by atoms with Crippen molar-refractivity contribution in [2.45, 2.75) is 18.7 Å². The lowest BCUT2D eigenvalue weighted by Crippen LogP contribution is -2.21. The number of halogens is 1. The first-order valence-corrected chi connectivity index (χ1v) is 9.48. The molecule has 0 radical (unpaired) electrons. The molecule has 24 heavy (non-hydrogen) atoms. The Labute approximate surface area is 148 Å². The minimum atomic E-state index is -3.71. The van der Waals surface area contributed by atoms with Gasteiger partial charge in [-0.2, -0.15) is 0 Å². The molecule has 2 rings (SSSR count). The van der Waals surface area contributed by atoms with Crippen LogP contribution in [0.2, 0.25) is 5.02 Å². The van der Waals surface area contributed by atoms with Crippen molar-refractivity contribution in [3.8, 4) is 5.75 Å². The van der Waals surface area contributed by atoms with E-state index >= 15 is 0 Å². The zero-order chi connectivity index (χ0) is 17.7. The van der Waals surface area contributed by atoms with Crippen molar-refractivity contribution < 1.29 is 13.2 Å². The first kappa shape index (κ1) is 18.4. The smallest absolute Gasteiger partial charge is 0.261 e. The van der Waals surface area contributed by atoms with Crippen LogP contribution in [0.4, 0.5) is 11.4 Å². The summed E-state index contributed by atoms with van der Waals surface area (Å²) >= 11 is 6.00. The highest BCUT2D eigenvalue weighted by molar-refractivity contribution is 7.92. The fourth-order valence-electron chi connectivity index (χ4n) is 2.36. The summed E-state index contributed by atoms with van der Waals surface area (Å²) in [5.74, 6) is 0.430. The molecule has 0 saturated carbocycles. The highest BCUT2D eigenvalue weighted by Crippen LogP contribution is 2.28. The van der Waals surface area contributed by atoms with Gasteiger partial charge in [0.15, 0.2) is 0 Å². The van der Waals surface area contributed by atoms with Gasteiger partial charge < -0.3 is 9.64 Å². The normalized spacial score (nSPS) is 11.2. The molecule has 0 unspecified atom stereocenters. The standard InChI is InChI=1S/C17H21ClN2O3S/c1-4-20(5-2)14-8-6-13(7-9-14)19-24(21,22)15-10-11-17(23-3)16(18)12-15/h6-12,19H,4-5H2,1-3H3. The molecule has 0 amide bonds. The Balaban J connectivity index is 2.21. The largest absolute Gasteiger partial charge is 0.495 e. The van der Waals surface area contributed by atoms with E-state index in [2.05, 4.69) is 23.5 Å². The van der Waals surface area contributed by atoms with Crippen LogP contribution in [0, 0.1) is 0 Å². The second-order valence-corrected chi connectivity index (χ2v) is 7.21. The maximum atomic E-state index is 12.5. The number of hydrogen-bond donors (Lipinski definition) is 1. The van der Waals surface area contributed by atoms with Crippen molar-refractivity contribution in [2.75, 3.05) is 29.8 Å². The second kappa shape index (κ2) is 7.77. The van der Waals surface area contributed by atoms with Crippen molar-refractivity contribution >= 4 is 33.0 Å². The maximum absolute atomic E-state index is 12.5. The molecule has 5 nitrogen and oxygen atoms in total. The summed E-state index contributed by atoms with van der Waals surface area (Å²) in [5.41, 5.74) is 1.55. The molecule has 2 aromatic carbocycles. The van der Waals surface area contributed by atoms with E-state index in [0.717, 1.165) is 18.8 Å². The van der Waals surface area contributed by atoms with Crippen LogP contribution in [-0.4, -0.2) is 28.6 Å². The summed E-state index contributed by atoms with van der Waals surface area (Å²) in [4.78, 5) is 2.27. The van der Waals surface area contributed by atoms with Gasteiger partial charge in [0.25, 0.3) is 10.0 Å². The van der Waals surface area contributed by atoms with E-state index in [9.17, 15) is 8.42 Å². The first-order valence-electron chi connectivity index (χ1n) is 7.62. The van der Waals surface area contributed by atoms with Gasteiger partial charge >= 0.3 is 0 Å². The summed E-state index contributed by atoms with van der Waals surface area (Å²) in [5, 5.41) is 0.247. The molecule has 0 aromatic heterocycles. The van der Waals surface area contributed by atoms with E-state index in [1.807, 2.05) is 12.1 Å². The average molecular weight is 369 g/mol. The van der Waals surface area contributed by atoms with Gasteiger partial charge in [-0.3, -0.25) is 4.72 Å². The van der Waals surface area contributed by atoms with Crippen LogP contribution in [0.5, 0.6) is 5.75 Å². The predicted molar refractivity (Wildman–Crippen MR) is 98.8 cm³/mol. The number of nitrogens with one attached hydrogen (secondary N) is 1. The monoisotopic (exact) mass is 368 g/mol. The third-order valence-electron chi connectivity index (χ3n) is 3.68. The third kappa shape index (κ3) is 4.13. The summed E-state index contributed by atoms with van der Waals surface area (Å²) in [6.07, 6.45) is 0. The Morgan fingerprint density at radius 2 is 1.71 bits per heavy atom. The molecule has 0 aliphatic heterocycles. The molecule has 0 heterocycles. The molecule has 0 aliphatic rings. The average Bonchev–Trinajstić information content (AvgIpc) is 2.57. The van der Waals surface area contributed by atoms with Crippen LogP contribution in [0.25, 0.3) is 0 Å². The van der Waals surface area contributed by atoms with Crippen LogP contribution in [0.3, 0.4) is 0 Å². The van der Waals surface area contributed by atoms with E-state index in [1.165, 1.54) is 25.3 Å². The Kier molecular flexibility index (Phi) is 5.96. The van der Waals surface area contributed by atoms with Crippen LogP contribution < -0.4 is 14.4 Å². The zero-order valence-electron chi connectivity index (χ0n) is 13.9. The number of ether oxygens (including phenoxy) is 1. The highest BCUT2D eigenvalue weighted by Gasteiger charge is 2.16. The van der Waals surface area contributed by atoms with Crippen LogP contribution in [-0.2, 0) is 10.0 Å². The number of rotatable bonds is 7.